The van der Waals surface area contributed by atoms with Crippen molar-refractivity contribution in [2.24, 2.45) is 0 Å². The second kappa shape index (κ2) is 3.77. The Kier molecular flexibility index (Phi) is 2.14. The van der Waals surface area contributed by atoms with Crippen molar-refractivity contribution in [2.45, 2.75) is 6.54 Å². The second-order valence-electron chi connectivity index (χ2n) is 3.82. The number of hydrogen-bond acceptors (Lipinski definition) is 1. The molecule has 0 fully saturated rings. The molecule has 0 aliphatic carbocycles. The van der Waals surface area contributed by atoms with Crippen LogP contribution < -0.4 is 5.43 Å². The van der Waals surface area contributed by atoms with E-state index >= 15 is 0 Å². The summed E-state index contributed by atoms with van der Waals surface area (Å²) < 4.78 is 1.96. The van der Waals surface area contributed by atoms with Crippen molar-refractivity contribution in [1.82, 2.24) is 9.66 Å². The predicted octanol–water partition coefficient (Wildman–Crippen LogP) is 2.71. The molecule has 2 N–H and O–H groups in total. The summed E-state index contributed by atoms with van der Waals surface area (Å²) >= 11 is 0. The van der Waals surface area contributed by atoms with E-state index < -0.39 is 0 Å². The lowest BCUT2D eigenvalue weighted by Gasteiger charge is -2.07. The Hall–Kier alpha value is -2.16. The second-order valence-corrected chi connectivity index (χ2v) is 3.82. The Morgan fingerprint density at radius 2 is 2.00 bits per heavy atom. The zero-order valence-electron chi connectivity index (χ0n) is 8.85. The summed E-state index contributed by atoms with van der Waals surface area (Å²) in [5, 5.41) is 1.25. The van der Waals surface area contributed by atoms with Gasteiger partial charge in [0, 0.05) is 24.1 Å². The van der Waals surface area contributed by atoms with Crippen LogP contribution in [0.15, 0.2) is 55.0 Å². The van der Waals surface area contributed by atoms with Gasteiger partial charge in [-0.1, -0.05) is 12.1 Å². The van der Waals surface area contributed by atoms with Gasteiger partial charge >= 0.3 is 0 Å². The molecule has 80 valence electrons. The third kappa shape index (κ3) is 1.67. The van der Waals surface area contributed by atoms with Crippen LogP contribution in [0.5, 0.6) is 0 Å². The number of aromatic amines is 1. The highest BCUT2D eigenvalue weighted by atomic mass is 15.4. The Balaban J connectivity index is 1.78. The van der Waals surface area contributed by atoms with Gasteiger partial charge in [0.15, 0.2) is 0 Å². The van der Waals surface area contributed by atoms with E-state index in [4.69, 9.17) is 0 Å². The van der Waals surface area contributed by atoms with Gasteiger partial charge in [0.25, 0.3) is 0 Å². The summed E-state index contributed by atoms with van der Waals surface area (Å²) in [4.78, 5) is 3.22. The Labute approximate surface area is 93.7 Å². The van der Waals surface area contributed by atoms with Crippen LogP contribution in [0.25, 0.3) is 10.9 Å². The minimum absolute atomic E-state index is 0.823. The number of fused-ring (bicyclic) bond motifs is 1. The van der Waals surface area contributed by atoms with Crippen LogP contribution in [0, 0.1) is 0 Å². The molecular weight excluding hydrogens is 198 g/mol. The number of nitrogens with zero attached hydrogens (tertiary/aromatic N) is 1. The Morgan fingerprint density at radius 3 is 2.88 bits per heavy atom. The van der Waals surface area contributed by atoms with Crippen LogP contribution in [0.2, 0.25) is 0 Å². The Bertz CT molecular complexity index is 578. The zero-order valence-corrected chi connectivity index (χ0v) is 8.85. The molecule has 3 rings (SSSR count). The third-order valence-corrected chi connectivity index (χ3v) is 2.69. The average Bonchev–Trinajstić information content (AvgIpc) is 2.97. The number of H-pyrrole nitrogens is 1. The van der Waals surface area contributed by atoms with Crippen LogP contribution in [0.1, 0.15) is 5.56 Å². The van der Waals surface area contributed by atoms with Crippen LogP contribution in [0.4, 0.5) is 0 Å². The molecule has 0 saturated heterocycles. The fourth-order valence-electron chi connectivity index (χ4n) is 1.83. The maximum absolute atomic E-state index is 3.30. The molecule has 0 aliphatic heterocycles. The molecule has 0 unspecified atom stereocenters. The molecule has 0 aliphatic rings. The average molecular weight is 211 g/mol. The minimum Gasteiger partial charge on any atom is -0.361 e. The fourth-order valence-corrected chi connectivity index (χ4v) is 1.83. The van der Waals surface area contributed by atoms with Gasteiger partial charge in [-0.2, -0.15) is 0 Å². The molecule has 0 atom stereocenters. The van der Waals surface area contributed by atoms with Gasteiger partial charge in [-0.25, -0.2) is 0 Å². The SMILES string of the molecule is c1ccn(NCc2ccc3cc[nH]c3c2)c1. The first-order chi connectivity index (χ1) is 7.92. The van der Waals surface area contributed by atoms with Crippen LogP contribution >= 0.6 is 0 Å². The smallest absolute Gasteiger partial charge is 0.0564 e. The van der Waals surface area contributed by atoms with E-state index in [1.165, 1.54) is 16.5 Å². The molecule has 3 aromatic rings. The molecule has 2 aromatic heterocycles. The molecule has 3 nitrogen and oxygen atoms in total. The van der Waals surface area contributed by atoms with Crippen LogP contribution in [-0.4, -0.2) is 9.66 Å². The zero-order chi connectivity index (χ0) is 10.8. The normalized spacial score (nSPS) is 10.8. The molecule has 0 amide bonds. The van der Waals surface area contributed by atoms with Gasteiger partial charge in [-0.3, -0.25) is 4.68 Å². The quantitative estimate of drug-likeness (QED) is 0.686. The van der Waals surface area contributed by atoms with Gasteiger partial charge in [-0.15, -0.1) is 0 Å². The van der Waals surface area contributed by atoms with Gasteiger partial charge in [-0.05, 0) is 35.2 Å². The number of aromatic nitrogens is 2. The molecule has 0 saturated carbocycles. The maximum Gasteiger partial charge on any atom is 0.0564 e. The molecule has 3 heteroatoms. The minimum atomic E-state index is 0.823. The molecule has 0 bridgehead atoms. The number of hydrogen-bond donors (Lipinski definition) is 2. The lowest BCUT2D eigenvalue weighted by molar-refractivity contribution is 0.848. The van der Waals surface area contributed by atoms with Crippen LogP contribution in [0.3, 0.4) is 0 Å². The van der Waals surface area contributed by atoms with Gasteiger partial charge in [0.2, 0.25) is 0 Å². The summed E-state index contributed by atoms with van der Waals surface area (Å²) in [6.45, 7) is 0.823. The van der Waals surface area contributed by atoms with E-state index in [1.807, 2.05) is 35.4 Å². The van der Waals surface area contributed by atoms with Crippen molar-refractivity contribution in [3.63, 3.8) is 0 Å². The molecular formula is C13H13N3. The van der Waals surface area contributed by atoms with E-state index in [0.717, 1.165) is 6.54 Å². The highest BCUT2D eigenvalue weighted by Crippen LogP contribution is 2.14. The van der Waals surface area contributed by atoms with E-state index in [0.29, 0.717) is 0 Å². The lowest BCUT2D eigenvalue weighted by atomic mass is 10.2. The standard InChI is InChI=1S/C13H13N3/c1-2-8-16(7-1)15-10-11-3-4-12-5-6-14-13(12)9-11/h1-9,14-15H,10H2. The van der Waals surface area contributed by atoms with Gasteiger partial charge in [0.05, 0.1) is 6.54 Å². The van der Waals surface area contributed by atoms with E-state index in [-0.39, 0.29) is 0 Å². The first-order valence-electron chi connectivity index (χ1n) is 5.35. The number of nitrogens with one attached hydrogen (secondary N) is 2. The van der Waals surface area contributed by atoms with Gasteiger partial charge in [0.1, 0.15) is 0 Å². The van der Waals surface area contributed by atoms with Crippen molar-refractivity contribution in [3.05, 3.63) is 60.6 Å². The highest BCUT2D eigenvalue weighted by molar-refractivity contribution is 5.79. The fraction of sp³-hybridized carbons (Fsp3) is 0.0769. The molecule has 0 radical (unpaired) electrons. The predicted molar refractivity (Wildman–Crippen MR) is 65.8 cm³/mol. The third-order valence-electron chi connectivity index (χ3n) is 2.69. The summed E-state index contributed by atoms with van der Waals surface area (Å²) in [5.41, 5.74) is 5.75. The van der Waals surface area contributed by atoms with Crippen molar-refractivity contribution in [3.8, 4) is 0 Å². The number of benzene rings is 1. The first-order valence-corrected chi connectivity index (χ1v) is 5.35. The van der Waals surface area contributed by atoms with Crippen molar-refractivity contribution < 1.29 is 0 Å². The Morgan fingerprint density at radius 1 is 1.12 bits per heavy atom. The molecule has 0 spiro atoms. The van der Waals surface area contributed by atoms with Crippen molar-refractivity contribution in [2.75, 3.05) is 5.43 Å². The molecule has 16 heavy (non-hydrogen) atoms. The van der Waals surface area contributed by atoms with Gasteiger partial charge < -0.3 is 10.4 Å². The molecule has 1 aromatic carbocycles. The molecule has 2 heterocycles. The number of rotatable bonds is 3. The van der Waals surface area contributed by atoms with E-state index in [1.54, 1.807) is 0 Å². The maximum atomic E-state index is 3.30. The summed E-state index contributed by atoms with van der Waals surface area (Å²) in [7, 11) is 0. The summed E-state index contributed by atoms with van der Waals surface area (Å²) in [6, 6.07) is 12.5. The first kappa shape index (κ1) is 9.09. The summed E-state index contributed by atoms with van der Waals surface area (Å²) in [6.07, 6.45) is 5.95. The summed E-state index contributed by atoms with van der Waals surface area (Å²) in [5.74, 6) is 0. The van der Waals surface area contributed by atoms with Crippen molar-refractivity contribution in [1.29, 1.82) is 0 Å². The topological polar surface area (TPSA) is 32.8 Å². The highest BCUT2D eigenvalue weighted by Gasteiger charge is 1.96. The lowest BCUT2D eigenvalue weighted by Crippen LogP contribution is -2.11. The largest absolute Gasteiger partial charge is 0.361 e. The van der Waals surface area contributed by atoms with E-state index in [2.05, 4.69) is 34.7 Å². The monoisotopic (exact) mass is 211 g/mol. The van der Waals surface area contributed by atoms with Crippen LogP contribution in [-0.2, 0) is 6.54 Å². The van der Waals surface area contributed by atoms with Crippen molar-refractivity contribution >= 4 is 10.9 Å². The van der Waals surface area contributed by atoms with E-state index in [9.17, 15) is 0 Å².